The molecule has 36 heavy (non-hydrogen) atoms. The Morgan fingerprint density at radius 1 is 1.14 bits per heavy atom. The van der Waals surface area contributed by atoms with Crippen molar-refractivity contribution in [1.82, 2.24) is 14.5 Å². The number of likely N-dealkylation sites (tertiary alicyclic amines) is 1. The Morgan fingerprint density at radius 3 is 2.67 bits per heavy atom. The van der Waals surface area contributed by atoms with Gasteiger partial charge in [-0.05, 0) is 62.5 Å². The zero-order valence-electron chi connectivity index (χ0n) is 20.3. The molecule has 0 bridgehead atoms. The minimum Gasteiger partial charge on any atom is -0.463 e. The number of pyridine rings is 2. The van der Waals surface area contributed by atoms with Gasteiger partial charge in [0, 0.05) is 23.6 Å². The van der Waals surface area contributed by atoms with Gasteiger partial charge in [0.15, 0.2) is 11.5 Å². The lowest BCUT2D eigenvalue weighted by atomic mass is 9.96. The molecule has 188 valence electrons. The Labute approximate surface area is 208 Å². The Morgan fingerprint density at radius 2 is 1.92 bits per heavy atom. The van der Waals surface area contributed by atoms with E-state index in [0.29, 0.717) is 35.8 Å². The van der Waals surface area contributed by atoms with Crippen LogP contribution < -0.4 is 15.0 Å². The summed E-state index contributed by atoms with van der Waals surface area (Å²) in [4.78, 5) is 31.8. The van der Waals surface area contributed by atoms with E-state index in [4.69, 9.17) is 19.2 Å². The van der Waals surface area contributed by atoms with Crippen LogP contribution in [0.4, 0.5) is 0 Å². The quantitative estimate of drug-likeness (QED) is 0.394. The molecule has 0 radical (unpaired) electrons. The van der Waals surface area contributed by atoms with Gasteiger partial charge >= 0.3 is 0 Å². The molecule has 9 heteroatoms. The van der Waals surface area contributed by atoms with Crippen molar-refractivity contribution in [2.75, 3.05) is 26.4 Å². The summed E-state index contributed by atoms with van der Waals surface area (Å²) in [5, 5.41) is 11.4. The molecule has 6 rings (SSSR count). The van der Waals surface area contributed by atoms with Gasteiger partial charge in [-0.2, -0.15) is 0 Å². The third kappa shape index (κ3) is 3.83. The lowest BCUT2D eigenvalue weighted by Crippen LogP contribution is -2.31. The van der Waals surface area contributed by atoms with Crippen molar-refractivity contribution in [2.45, 2.75) is 51.9 Å². The van der Waals surface area contributed by atoms with Gasteiger partial charge in [-0.15, -0.1) is 0 Å². The summed E-state index contributed by atoms with van der Waals surface area (Å²) in [6, 6.07) is 5.72. The fourth-order valence-corrected chi connectivity index (χ4v) is 5.73. The van der Waals surface area contributed by atoms with Crippen LogP contribution in [-0.4, -0.2) is 52.5 Å². The van der Waals surface area contributed by atoms with E-state index in [1.54, 1.807) is 11.5 Å². The summed E-state index contributed by atoms with van der Waals surface area (Å²) in [5.41, 5.74) is 4.84. The van der Waals surface area contributed by atoms with Gasteiger partial charge in [0.05, 0.1) is 35.1 Å². The second-order valence-corrected chi connectivity index (χ2v) is 9.73. The maximum atomic E-state index is 13.5. The first kappa shape index (κ1) is 23.0. The summed E-state index contributed by atoms with van der Waals surface area (Å²) in [6.07, 6.45) is 3.66. The first-order chi connectivity index (χ1) is 17.5. The first-order valence-corrected chi connectivity index (χ1v) is 12.5. The van der Waals surface area contributed by atoms with Crippen molar-refractivity contribution in [3.05, 3.63) is 50.8 Å². The lowest BCUT2D eigenvalue weighted by Gasteiger charge is -2.27. The zero-order chi connectivity index (χ0) is 24.8. The number of hydrogen-bond donors (Lipinski definition) is 1. The summed E-state index contributed by atoms with van der Waals surface area (Å²) in [6.45, 7) is 5.45. The summed E-state index contributed by atoms with van der Waals surface area (Å²) >= 11 is 0. The minimum atomic E-state index is -0.897. The third-order valence-electron chi connectivity index (χ3n) is 7.56. The number of fused-ring (bicyclic) bond motifs is 5. The highest BCUT2D eigenvalue weighted by Crippen LogP contribution is 2.42. The van der Waals surface area contributed by atoms with Crippen molar-refractivity contribution < 1.29 is 24.1 Å². The van der Waals surface area contributed by atoms with Gasteiger partial charge in [0.1, 0.15) is 6.61 Å². The van der Waals surface area contributed by atoms with E-state index in [0.717, 1.165) is 53.8 Å². The van der Waals surface area contributed by atoms with E-state index in [1.165, 1.54) is 19.3 Å². The monoisotopic (exact) mass is 491 g/mol. The van der Waals surface area contributed by atoms with Gasteiger partial charge in [0.25, 0.3) is 12.0 Å². The van der Waals surface area contributed by atoms with Crippen LogP contribution in [0, 0.1) is 0 Å². The molecule has 1 atom stereocenters. The van der Waals surface area contributed by atoms with Crippen LogP contribution >= 0.6 is 0 Å². The van der Waals surface area contributed by atoms with Gasteiger partial charge in [0.2, 0.25) is 6.79 Å². The van der Waals surface area contributed by atoms with Crippen LogP contribution in [-0.2, 0) is 29.1 Å². The van der Waals surface area contributed by atoms with Crippen molar-refractivity contribution in [1.29, 1.82) is 0 Å². The highest BCUT2D eigenvalue weighted by atomic mass is 16.7. The molecule has 1 fully saturated rings. The van der Waals surface area contributed by atoms with Crippen molar-refractivity contribution in [2.24, 2.45) is 0 Å². The number of ether oxygens (including phenoxy) is 3. The average Bonchev–Trinajstić information content (AvgIpc) is 3.49. The number of aliphatic hydroxyl groups excluding tert-OH is 1. The number of hydrogen-bond acceptors (Lipinski definition) is 8. The van der Waals surface area contributed by atoms with E-state index in [-0.39, 0.29) is 24.5 Å². The number of nitrogens with zero attached hydrogens (tertiary/aromatic N) is 3. The molecule has 1 N–H and O–H groups in total. The predicted molar refractivity (Wildman–Crippen MR) is 132 cm³/mol. The van der Waals surface area contributed by atoms with Crippen LogP contribution in [0.2, 0.25) is 0 Å². The number of carbonyl (C=O) groups is 1. The van der Waals surface area contributed by atoms with Crippen molar-refractivity contribution in [3.63, 3.8) is 0 Å². The molecule has 2 aromatic heterocycles. The Bertz CT molecular complexity index is 1410. The zero-order valence-corrected chi connectivity index (χ0v) is 20.3. The fourth-order valence-electron chi connectivity index (χ4n) is 5.73. The van der Waals surface area contributed by atoms with E-state index in [9.17, 15) is 14.7 Å². The first-order valence-electron chi connectivity index (χ1n) is 12.5. The van der Waals surface area contributed by atoms with Crippen molar-refractivity contribution >= 4 is 17.4 Å². The number of piperidine rings is 1. The summed E-state index contributed by atoms with van der Waals surface area (Å²) < 4.78 is 17.9. The molecular weight excluding hydrogens is 462 g/mol. The summed E-state index contributed by atoms with van der Waals surface area (Å²) in [7, 11) is 0. The number of benzene rings is 1. The molecule has 5 heterocycles. The highest BCUT2D eigenvalue weighted by Gasteiger charge is 2.30. The molecule has 0 saturated carbocycles. The SMILES string of the molecule is CC(O)c1cc2n(c(=O)c1COC=O)Cc1c-2nc2cc3c(cc2c1CCN1CCCCC1)OCO3. The smallest absolute Gasteiger partial charge is 0.293 e. The van der Waals surface area contributed by atoms with Crippen LogP contribution in [0.5, 0.6) is 11.5 Å². The van der Waals surface area contributed by atoms with E-state index in [2.05, 4.69) is 4.90 Å². The fraction of sp³-hybridized carbons (Fsp3) is 0.444. The van der Waals surface area contributed by atoms with Crippen LogP contribution in [0.25, 0.3) is 22.3 Å². The highest BCUT2D eigenvalue weighted by molar-refractivity contribution is 5.90. The Kier molecular flexibility index (Phi) is 5.89. The molecule has 3 aliphatic rings. The number of aromatic nitrogens is 2. The van der Waals surface area contributed by atoms with E-state index < -0.39 is 6.10 Å². The van der Waals surface area contributed by atoms with Gasteiger partial charge in [-0.1, -0.05) is 6.42 Å². The second-order valence-electron chi connectivity index (χ2n) is 9.73. The molecular formula is C27H29N3O6. The molecule has 3 aliphatic heterocycles. The topological polar surface area (TPSA) is 103 Å². The van der Waals surface area contributed by atoms with E-state index >= 15 is 0 Å². The van der Waals surface area contributed by atoms with Gasteiger partial charge in [-0.3, -0.25) is 9.59 Å². The second kappa shape index (κ2) is 9.22. The van der Waals surface area contributed by atoms with Crippen LogP contribution in [0.15, 0.2) is 23.0 Å². The number of carbonyl (C=O) groups excluding carboxylic acids is 1. The lowest BCUT2D eigenvalue weighted by molar-refractivity contribution is -0.129. The summed E-state index contributed by atoms with van der Waals surface area (Å²) in [5.74, 6) is 1.37. The Hall–Kier alpha value is -3.43. The normalized spacial score (nSPS) is 17.2. The molecule has 0 spiro atoms. The minimum absolute atomic E-state index is 0.183. The van der Waals surface area contributed by atoms with Gasteiger partial charge in [-0.25, -0.2) is 4.98 Å². The number of aliphatic hydroxyl groups is 1. The molecule has 0 aliphatic carbocycles. The maximum Gasteiger partial charge on any atom is 0.293 e. The largest absolute Gasteiger partial charge is 0.463 e. The number of rotatable bonds is 7. The Balaban J connectivity index is 1.51. The standard InChI is InChI=1S/C27H29N3O6/c1-16(32)18-9-23-26-20(12-30(23)27(33)21(18)13-34-14-31)17(5-8-29-6-3-2-4-7-29)19-10-24-25(36-15-35-24)11-22(19)28-26/h9-11,14,16,32H,2-8,12-13,15H2,1H3. The molecule has 3 aromatic rings. The van der Waals surface area contributed by atoms with Crippen LogP contribution in [0.3, 0.4) is 0 Å². The molecule has 0 amide bonds. The third-order valence-corrected chi connectivity index (χ3v) is 7.56. The molecule has 1 saturated heterocycles. The molecule has 1 aromatic carbocycles. The predicted octanol–water partition coefficient (Wildman–Crippen LogP) is 2.91. The molecule has 1 unspecified atom stereocenters. The average molecular weight is 492 g/mol. The van der Waals surface area contributed by atoms with Gasteiger partial charge < -0.3 is 28.8 Å². The maximum absolute atomic E-state index is 13.5. The van der Waals surface area contributed by atoms with Crippen LogP contribution in [0.1, 0.15) is 54.5 Å². The molecule has 9 nitrogen and oxygen atoms in total. The van der Waals surface area contributed by atoms with Crippen molar-refractivity contribution in [3.8, 4) is 22.9 Å². The van der Waals surface area contributed by atoms with E-state index in [1.807, 2.05) is 18.2 Å².